The lowest BCUT2D eigenvalue weighted by Crippen LogP contribution is -2.42. The molecule has 1 N–H and O–H groups in total. The molecule has 1 saturated heterocycles. The molecule has 2 aliphatic rings. The van der Waals surface area contributed by atoms with Gasteiger partial charge in [-0.25, -0.2) is 0 Å². The first-order valence-corrected chi connectivity index (χ1v) is 6.20. The second kappa shape index (κ2) is 5.13. The number of rotatable bonds is 2. The Morgan fingerprint density at radius 2 is 1.93 bits per heavy atom. The van der Waals surface area contributed by atoms with Crippen molar-refractivity contribution in [3.63, 3.8) is 0 Å². The Balaban J connectivity index is 1.81. The van der Waals surface area contributed by atoms with Gasteiger partial charge in [0.2, 0.25) is 0 Å². The van der Waals surface area contributed by atoms with Gasteiger partial charge in [-0.05, 0) is 25.2 Å². The summed E-state index contributed by atoms with van der Waals surface area (Å²) in [5, 5.41) is 3.78. The maximum atomic E-state index is 5.40. The first-order chi connectivity index (χ1) is 6.86. The molecule has 82 valence electrons. The van der Waals surface area contributed by atoms with Crippen molar-refractivity contribution in [2.24, 2.45) is 5.92 Å². The molecule has 2 nitrogen and oxygen atoms in total. The molecular formula is C12H23NO. The first-order valence-electron chi connectivity index (χ1n) is 6.20. The van der Waals surface area contributed by atoms with Crippen LogP contribution in [0.15, 0.2) is 0 Å². The van der Waals surface area contributed by atoms with Crippen molar-refractivity contribution in [1.82, 2.24) is 5.32 Å². The molecule has 14 heavy (non-hydrogen) atoms. The van der Waals surface area contributed by atoms with Gasteiger partial charge in [0.1, 0.15) is 0 Å². The molecular weight excluding hydrogens is 174 g/mol. The fraction of sp³-hybridized carbons (Fsp3) is 1.00. The van der Waals surface area contributed by atoms with E-state index in [9.17, 15) is 0 Å². The minimum atomic E-state index is 0.639. The highest BCUT2D eigenvalue weighted by molar-refractivity contribution is 4.82. The van der Waals surface area contributed by atoms with Crippen molar-refractivity contribution in [3.8, 4) is 0 Å². The molecule has 0 aromatic heterocycles. The minimum absolute atomic E-state index is 0.639. The van der Waals surface area contributed by atoms with Crippen molar-refractivity contribution in [1.29, 1.82) is 0 Å². The van der Waals surface area contributed by atoms with E-state index in [1.54, 1.807) is 0 Å². The Kier molecular flexibility index (Phi) is 3.82. The van der Waals surface area contributed by atoms with Gasteiger partial charge in [-0.3, -0.25) is 0 Å². The van der Waals surface area contributed by atoms with Crippen LogP contribution >= 0.6 is 0 Å². The summed E-state index contributed by atoms with van der Waals surface area (Å²) >= 11 is 0. The summed E-state index contributed by atoms with van der Waals surface area (Å²) in [6.45, 7) is 4.29. The molecule has 2 heteroatoms. The van der Waals surface area contributed by atoms with E-state index in [-0.39, 0.29) is 0 Å². The van der Waals surface area contributed by atoms with Gasteiger partial charge in [-0.15, -0.1) is 0 Å². The van der Waals surface area contributed by atoms with E-state index in [4.69, 9.17) is 4.74 Å². The number of nitrogens with one attached hydrogen (secondary N) is 1. The van der Waals surface area contributed by atoms with E-state index in [1.807, 2.05) is 0 Å². The summed E-state index contributed by atoms with van der Waals surface area (Å²) in [7, 11) is 0. The Hall–Kier alpha value is -0.0800. The van der Waals surface area contributed by atoms with Gasteiger partial charge in [0.25, 0.3) is 0 Å². The Labute approximate surface area is 87.4 Å². The predicted octanol–water partition coefficient (Wildman–Crippen LogP) is 2.33. The third-order valence-electron chi connectivity index (χ3n) is 3.74. The molecule has 1 aliphatic carbocycles. The molecule has 3 unspecified atom stereocenters. The second-order valence-electron chi connectivity index (χ2n) is 4.95. The van der Waals surface area contributed by atoms with Crippen molar-refractivity contribution >= 4 is 0 Å². The highest BCUT2D eigenvalue weighted by Crippen LogP contribution is 2.24. The summed E-state index contributed by atoms with van der Waals surface area (Å²) < 4.78 is 5.40. The zero-order valence-electron chi connectivity index (χ0n) is 9.30. The molecule has 0 aromatic carbocycles. The summed E-state index contributed by atoms with van der Waals surface area (Å²) in [5.74, 6) is 0.859. The molecule has 0 radical (unpaired) electrons. The number of ether oxygens (including phenoxy) is 1. The van der Waals surface area contributed by atoms with Crippen LogP contribution in [-0.4, -0.2) is 25.3 Å². The lowest BCUT2D eigenvalue weighted by atomic mass is 9.96. The highest BCUT2D eigenvalue weighted by atomic mass is 16.5. The van der Waals surface area contributed by atoms with Gasteiger partial charge in [0.05, 0.1) is 6.61 Å². The van der Waals surface area contributed by atoms with Crippen LogP contribution in [0.1, 0.15) is 45.4 Å². The first kappa shape index (κ1) is 10.4. The van der Waals surface area contributed by atoms with Gasteiger partial charge in [0.15, 0.2) is 0 Å². The predicted molar refractivity (Wildman–Crippen MR) is 58.4 cm³/mol. The summed E-state index contributed by atoms with van der Waals surface area (Å²) in [6, 6.07) is 1.39. The molecule has 2 fully saturated rings. The van der Waals surface area contributed by atoms with Crippen molar-refractivity contribution in [3.05, 3.63) is 0 Å². The zero-order chi connectivity index (χ0) is 9.80. The Bertz CT molecular complexity index is 166. The van der Waals surface area contributed by atoms with E-state index in [0.29, 0.717) is 6.04 Å². The molecule has 0 aromatic rings. The van der Waals surface area contributed by atoms with Gasteiger partial charge in [-0.2, -0.15) is 0 Å². The molecule has 2 rings (SSSR count). The minimum Gasteiger partial charge on any atom is -0.380 e. The van der Waals surface area contributed by atoms with Crippen LogP contribution in [0.2, 0.25) is 0 Å². The average molecular weight is 197 g/mol. The lowest BCUT2D eigenvalue weighted by Gasteiger charge is -2.25. The summed E-state index contributed by atoms with van der Waals surface area (Å²) in [6.07, 6.45) is 8.27. The van der Waals surface area contributed by atoms with Crippen LogP contribution < -0.4 is 5.32 Å². The molecule has 0 spiro atoms. The number of hydrogen-bond acceptors (Lipinski definition) is 2. The summed E-state index contributed by atoms with van der Waals surface area (Å²) in [4.78, 5) is 0. The van der Waals surface area contributed by atoms with Crippen molar-refractivity contribution < 1.29 is 4.74 Å². The lowest BCUT2D eigenvalue weighted by molar-refractivity contribution is 0.184. The maximum Gasteiger partial charge on any atom is 0.0620 e. The number of hydrogen-bond donors (Lipinski definition) is 1. The van der Waals surface area contributed by atoms with Gasteiger partial charge in [0, 0.05) is 18.7 Å². The van der Waals surface area contributed by atoms with Crippen LogP contribution in [0.5, 0.6) is 0 Å². The molecule has 0 amide bonds. The maximum absolute atomic E-state index is 5.40. The second-order valence-corrected chi connectivity index (χ2v) is 4.95. The van der Waals surface area contributed by atoms with E-state index in [1.165, 1.54) is 38.5 Å². The van der Waals surface area contributed by atoms with Crippen LogP contribution in [0, 0.1) is 5.92 Å². The topological polar surface area (TPSA) is 21.3 Å². The molecule has 1 heterocycles. The fourth-order valence-corrected chi connectivity index (χ4v) is 2.71. The third kappa shape index (κ3) is 2.71. The van der Waals surface area contributed by atoms with Gasteiger partial charge < -0.3 is 10.1 Å². The van der Waals surface area contributed by atoms with E-state index in [2.05, 4.69) is 12.2 Å². The van der Waals surface area contributed by atoms with Crippen molar-refractivity contribution in [2.45, 2.75) is 57.5 Å². The van der Waals surface area contributed by atoms with Crippen LogP contribution in [0.3, 0.4) is 0 Å². The average Bonchev–Trinajstić information content (AvgIpc) is 2.60. The smallest absolute Gasteiger partial charge is 0.0620 e. The van der Waals surface area contributed by atoms with E-state index in [0.717, 1.165) is 25.2 Å². The van der Waals surface area contributed by atoms with Crippen LogP contribution in [-0.2, 0) is 4.74 Å². The van der Waals surface area contributed by atoms with E-state index < -0.39 is 0 Å². The van der Waals surface area contributed by atoms with Gasteiger partial charge >= 0.3 is 0 Å². The van der Waals surface area contributed by atoms with E-state index >= 15 is 0 Å². The zero-order valence-corrected chi connectivity index (χ0v) is 9.30. The highest BCUT2D eigenvalue weighted by Gasteiger charge is 2.24. The van der Waals surface area contributed by atoms with Crippen LogP contribution in [0.25, 0.3) is 0 Å². The van der Waals surface area contributed by atoms with Crippen molar-refractivity contribution in [2.75, 3.05) is 13.2 Å². The monoisotopic (exact) mass is 197 g/mol. The largest absolute Gasteiger partial charge is 0.380 e. The Morgan fingerprint density at radius 3 is 2.71 bits per heavy atom. The molecule has 0 bridgehead atoms. The summed E-state index contributed by atoms with van der Waals surface area (Å²) in [5.41, 5.74) is 0. The molecule has 3 atom stereocenters. The Morgan fingerprint density at radius 1 is 1.07 bits per heavy atom. The third-order valence-corrected chi connectivity index (χ3v) is 3.74. The van der Waals surface area contributed by atoms with Gasteiger partial charge in [-0.1, -0.05) is 26.2 Å². The molecule has 1 aliphatic heterocycles. The standard InChI is InChI=1S/C12H23NO/c1-10-5-3-2-4-6-12(10)13-11-7-8-14-9-11/h10-13H,2-9H2,1H3. The normalized spacial score (nSPS) is 39.6. The molecule has 1 saturated carbocycles. The van der Waals surface area contributed by atoms with Crippen LogP contribution in [0.4, 0.5) is 0 Å². The SMILES string of the molecule is CC1CCCCCC1NC1CCOC1. The quantitative estimate of drug-likeness (QED) is 0.686. The fourth-order valence-electron chi connectivity index (χ4n) is 2.71.